The van der Waals surface area contributed by atoms with E-state index >= 15 is 0 Å². The lowest BCUT2D eigenvalue weighted by Crippen LogP contribution is -2.06. The number of nitrogens with zero attached hydrogens (tertiary/aromatic N) is 4. The van der Waals surface area contributed by atoms with Gasteiger partial charge in [0.25, 0.3) is 5.89 Å². The zero-order valence-electron chi connectivity index (χ0n) is 13.1. The van der Waals surface area contributed by atoms with Crippen LogP contribution < -0.4 is 4.74 Å². The van der Waals surface area contributed by atoms with Crippen molar-refractivity contribution >= 4 is 0 Å². The van der Waals surface area contributed by atoms with E-state index in [2.05, 4.69) is 15.2 Å². The quantitative estimate of drug-likeness (QED) is 0.739. The van der Waals surface area contributed by atoms with Crippen LogP contribution in [0.1, 0.15) is 19.4 Å². The monoisotopic (exact) mass is 298 g/mol. The predicted molar refractivity (Wildman–Crippen MR) is 82.4 cm³/mol. The molecule has 0 saturated carbocycles. The highest BCUT2D eigenvalue weighted by atomic mass is 16.5. The van der Waals surface area contributed by atoms with E-state index in [1.807, 2.05) is 52.1 Å². The van der Waals surface area contributed by atoms with E-state index in [-0.39, 0.29) is 6.10 Å². The summed E-state index contributed by atoms with van der Waals surface area (Å²) in [6.07, 6.45) is 1.84. The van der Waals surface area contributed by atoms with E-state index in [4.69, 9.17) is 9.26 Å². The molecule has 0 radical (unpaired) electrons. The van der Waals surface area contributed by atoms with Crippen LogP contribution in [0.3, 0.4) is 0 Å². The molecule has 0 fully saturated rings. The molecule has 1 aromatic carbocycles. The van der Waals surface area contributed by atoms with Crippen molar-refractivity contribution in [1.29, 1.82) is 0 Å². The summed E-state index contributed by atoms with van der Waals surface area (Å²) in [6, 6.07) is 7.70. The Morgan fingerprint density at radius 1 is 1.23 bits per heavy atom. The molecular weight excluding hydrogens is 280 g/mol. The average Bonchev–Trinajstić information content (AvgIpc) is 3.09. The summed E-state index contributed by atoms with van der Waals surface area (Å²) in [4.78, 5) is 4.44. The van der Waals surface area contributed by atoms with Crippen molar-refractivity contribution in [3.63, 3.8) is 0 Å². The van der Waals surface area contributed by atoms with Crippen LogP contribution in [0.2, 0.25) is 0 Å². The number of aromatic nitrogens is 4. The van der Waals surface area contributed by atoms with Crippen LogP contribution in [0.4, 0.5) is 0 Å². The Morgan fingerprint density at radius 2 is 2.05 bits per heavy atom. The first-order valence-electron chi connectivity index (χ1n) is 7.14. The van der Waals surface area contributed by atoms with E-state index in [1.54, 1.807) is 10.9 Å². The Balaban J connectivity index is 1.91. The number of benzene rings is 1. The van der Waals surface area contributed by atoms with Crippen molar-refractivity contribution in [2.45, 2.75) is 26.9 Å². The third-order valence-corrected chi connectivity index (χ3v) is 3.26. The van der Waals surface area contributed by atoms with Gasteiger partial charge in [0, 0.05) is 18.8 Å². The average molecular weight is 298 g/mol. The van der Waals surface area contributed by atoms with Crippen molar-refractivity contribution in [1.82, 2.24) is 19.9 Å². The van der Waals surface area contributed by atoms with E-state index in [9.17, 15) is 0 Å². The zero-order chi connectivity index (χ0) is 15.7. The summed E-state index contributed by atoms with van der Waals surface area (Å²) in [5.74, 6) is 1.87. The van der Waals surface area contributed by atoms with Gasteiger partial charge in [-0.1, -0.05) is 5.16 Å². The van der Waals surface area contributed by atoms with Crippen LogP contribution in [-0.4, -0.2) is 26.0 Å². The first-order valence-corrected chi connectivity index (χ1v) is 7.14. The van der Waals surface area contributed by atoms with Gasteiger partial charge in [0.1, 0.15) is 11.4 Å². The fourth-order valence-corrected chi connectivity index (χ4v) is 2.20. The molecule has 22 heavy (non-hydrogen) atoms. The van der Waals surface area contributed by atoms with Gasteiger partial charge in [0.05, 0.1) is 6.10 Å². The SMILES string of the molecule is Cc1cc(-c2noc(-c3ccnn3C)n2)ccc1OC(C)C. The molecule has 0 aliphatic heterocycles. The minimum absolute atomic E-state index is 0.145. The standard InChI is InChI=1S/C16H18N4O2/c1-10(2)21-14-6-5-12(9-11(14)3)15-18-16(22-19-15)13-7-8-17-20(13)4/h5-10H,1-4H3. The molecule has 0 bridgehead atoms. The van der Waals surface area contributed by atoms with Gasteiger partial charge in [-0.3, -0.25) is 4.68 Å². The van der Waals surface area contributed by atoms with Gasteiger partial charge in [0.2, 0.25) is 5.82 Å². The van der Waals surface area contributed by atoms with Crippen LogP contribution in [0.15, 0.2) is 35.0 Å². The maximum absolute atomic E-state index is 5.74. The largest absolute Gasteiger partial charge is 0.491 e. The maximum atomic E-state index is 5.74. The van der Waals surface area contributed by atoms with Crippen LogP contribution in [-0.2, 0) is 7.05 Å². The van der Waals surface area contributed by atoms with Crippen LogP contribution in [0.5, 0.6) is 5.75 Å². The number of aryl methyl sites for hydroxylation is 2. The Hall–Kier alpha value is -2.63. The summed E-state index contributed by atoms with van der Waals surface area (Å²) in [5, 5.41) is 8.15. The molecule has 2 aromatic heterocycles. The minimum Gasteiger partial charge on any atom is -0.491 e. The molecule has 3 aromatic rings. The van der Waals surface area contributed by atoms with Gasteiger partial charge in [-0.25, -0.2) is 0 Å². The van der Waals surface area contributed by atoms with E-state index in [0.29, 0.717) is 11.7 Å². The molecule has 0 saturated heterocycles. The summed E-state index contributed by atoms with van der Waals surface area (Å²) >= 11 is 0. The second-order valence-electron chi connectivity index (χ2n) is 5.41. The molecule has 0 amide bonds. The minimum atomic E-state index is 0.145. The van der Waals surface area contributed by atoms with Crippen LogP contribution in [0.25, 0.3) is 23.0 Å². The Kier molecular flexibility index (Phi) is 3.66. The fraction of sp³-hybridized carbons (Fsp3) is 0.312. The van der Waals surface area contributed by atoms with E-state index in [0.717, 1.165) is 22.6 Å². The third kappa shape index (κ3) is 2.72. The smallest absolute Gasteiger partial charge is 0.276 e. The molecular formula is C16H18N4O2. The zero-order valence-corrected chi connectivity index (χ0v) is 13.1. The van der Waals surface area contributed by atoms with Gasteiger partial charge in [-0.15, -0.1) is 0 Å². The van der Waals surface area contributed by atoms with Crippen LogP contribution in [0, 0.1) is 6.92 Å². The lowest BCUT2D eigenvalue weighted by atomic mass is 10.1. The molecule has 0 unspecified atom stereocenters. The molecule has 114 valence electrons. The maximum Gasteiger partial charge on any atom is 0.276 e. The molecule has 0 spiro atoms. The molecule has 3 rings (SSSR count). The molecule has 0 atom stereocenters. The van der Waals surface area contributed by atoms with Gasteiger partial charge in [0.15, 0.2) is 0 Å². The Morgan fingerprint density at radius 3 is 2.68 bits per heavy atom. The third-order valence-electron chi connectivity index (χ3n) is 3.26. The van der Waals surface area contributed by atoms with Gasteiger partial charge in [-0.2, -0.15) is 10.1 Å². The first-order chi connectivity index (χ1) is 10.5. The lowest BCUT2D eigenvalue weighted by molar-refractivity contribution is 0.241. The first kappa shape index (κ1) is 14.3. The number of hydrogen-bond donors (Lipinski definition) is 0. The van der Waals surface area contributed by atoms with Crippen molar-refractivity contribution in [3.05, 3.63) is 36.0 Å². The second kappa shape index (κ2) is 5.63. The summed E-state index contributed by atoms with van der Waals surface area (Å²) in [7, 11) is 1.83. The molecule has 0 N–H and O–H groups in total. The van der Waals surface area contributed by atoms with Crippen LogP contribution >= 0.6 is 0 Å². The van der Waals surface area contributed by atoms with Gasteiger partial charge in [-0.05, 0) is 50.6 Å². The number of rotatable bonds is 4. The van der Waals surface area contributed by atoms with Gasteiger partial charge < -0.3 is 9.26 Å². The topological polar surface area (TPSA) is 66.0 Å². The van der Waals surface area contributed by atoms with Gasteiger partial charge >= 0.3 is 0 Å². The van der Waals surface area contributed by atoms with E-state index < -0.39 is 0 Å². The molecule has 6 nitrogen and oxygen atoms in total. The molecule has 0 aliphatic carbocycles. The summed E-state index contributed by atoms with van der Waals surface area (Å²) in [5.41, 5.74) is 2.72. The Labute approximate surface area is 128 Å². The fourth-order valence-electron chi connectivity index (χ4n) is 2.20. The molecule has 6 heteroatoms. The number of hydrogen-bond acceptors (Lipinski definition) is 5. The lowest BCUT2D eigenvalue weighted by Gasteiger charge is -2.12. The molecule has 2 heterocycles. The highest BCUT2D eigenvalue weighted by Crippen LogP contribution is 2.27. The summed E-state index contributed by atoms with van der Waals surface area (Å²) in [6.45, 7) is 6.02. The highest BCUT2D eigenvalue weighted by Gasteiger charge is 2.14. The van der Waals surface area contributed by atoms with Crippen molar-refractivity contribution in [2.75, 3.05) is 0 Å². The highest BCUT2D eigenvalue weighted by molar-refractivity contribution is 5.60. The number of ether oxygens (including phenoxy) is 1. The normalized spacial score (nSPS) is 11.1. The van der Waals surface area contributed by atoms with Crippen molar-refractivity contribution < 1.29 is 9.26 Å². The summed E-state index contributed by atoms with van der Waals surface area (Å²) < 4.78 is 12.8. The van der Waals surface area contributed by atoms with Crippen molar-refractivity contribution in [2.24, 2.45) is 7.05 Å². The second-order valence-corrected chi connectivity index (χ2v) is 5.41. The van der Waals surface area contributed by atoms with Crippen molar-refractivity contribution in [3.8, 4) is 28.7 Å². The predicted octanol–water partition coefficient (Wildman–Crippen LogP) is 3.23. The Bertz CT molecular complexity index is 789. The van der Waals surface area contributed by atoms with E-state index in [1.165, 1.54) is 0 Å². The molecule has 0 aliphatic rings.